The van der Waals surface area contributed by atoms with E-state index in [-0.39, 0.29) is 11.7 Å². The van der Waals surface area contributed by atoms with Gasteiger partial charge in [0, 0.05) is 14.1 Å². The molecule has 1 N–H and O–H groups in total. The summed E-state index contributed by atoms with van der Waals surface area (Å²) in [5, 5.41) is 9.15. The Morgan fingerprint density at radius 2 is 1.70 bits per heavy atom. The monoisotopic (exact) mass is 143 g/mol. The summed E-state index contributed by atoms with van der Waals surface area (Å²) >= 11 is 0. The topological polar surface area (TPSA) is 40.5 Å². The van der Waals surface area contributed by atoms with Crippen molar-refractivity contribution >= 4 is 5.78 Å². The molecule has 0 amide bonds. The Kier molecular flexibility index (Phi) is 2.93. The molecule has 0 aliphatic carbocycles. The van der Waals surface area contributed by atoms with Gasteiger partial charge in [0.2, 0.25) is 0 Å². The predicted octanol–water partition coefficient (Wildman–Crippen LogP) is 0.926. The summed E-state index contributed by atoms with van der Waals surface area (Å²) in [5.74, 6) is -0.0706. The Labute approximate surface area is 61.0 Å². The number of aliphatic hydroxyl groups is 1. The molecule has 10 heavy (non-hydrogen) atoms. The van der Waals surface area contributed by atoms with Gasteiger partial charge < -0.3 is 10.0 Å². The van der Waals surface area contributed by atoms with Gasteiger partial charge in [-0.2, -0.15) is 0 Å². The fourth-order valence-corrected chi connectivity index (χ4v) is 0.493. The maximum atomic E-state index is 10.6. The molecule has 0 atom stereocenters. The van der Waals surface area contributed by atoms with Crippen molar-refractivity contribution in [2.75, 3.05) is 14.1 Å². The summed E-state index contributed by atoms with van der Waals surface area (Å²) in [6.45, 7) is 3.02. The van der Waals surface area contributed by atoms with E-state index in [0.717, 1.165) is 0 Å². The Morgan fingerprint density at radius 1 is 1.30 bits per heavy atom. The van der Waals surface area contributed by atoms with Gasteiger partial charge in [-0.05, 0) is 13.8 Å². The Bertz CT molecular complexity index is 170. The lowest BCUT2D eigenvalue weighted by molar-refractivity contribution is -0.113. The summed E-state index contributed by atoms with van der Waals surface area (Å²) in [4.78, 5) is 12.1. The lowest BCUT2D eigenvalue weighted by Crippen LogP contribution is -2.14. The van der Waals surface area contributed by atoms with Crippen LogP contribution < -0.4 is 0 Å². The second-order valence-corrected chi connectivity index (χ2v) is 2.40. The summed E-state index contributed by atoms with van der Waals surface area (Å²) < 4.78 is 0. The van der Waals surface area contributed by atoms with Gasteiger partial charge in [-0.15, -0.1) is 0 Å². The van der Waals surface area contributed by atoms with Crippen LogP contribution in [0.4, 0.5) is 0 Å². The molecule has 0 heterocycles. The van der Waals surface area contributed by atoms with Gasteiger partial charge in [-0.3, -0.25) is 4.79 Å². The molecule has 0 aromatic heterocycles. The van der Waals surface area contributed by atoms with E-state index in [0.29, 0.717) is 5.57 Å². The quantitative estimate of drug-likeness (QED) is 0.461. The zero-order valence-electron chi connectivity index (χ0n) is 6.80. The predicted molar refractivity (Wildman–Crippen MR) is 39.7 cm³/mol. The normalized spacial score (nSPS) is 12.4. The molecular formula is C7H13NO2. The molecule has 0 saturated carbocycles. The SMILES string of the molecule is CC(=O)C(C)=C(O)N(C)C. The van der Waals surface area contributed by atoms with Gasteiger partial charge in [-0.25, -0.2) is 0 Å². The number of hydrogen-bond donors (Lipinski definition) is 1. The maximum absolute atomic E-state index is 10.6. The van der Waals surface area contributed by atoms with Gasteiger partial charge in [0.1, 0.15) is 0 Å². The third-order valence-corrected chi connectivity index (χ3v) is 1.29. The van der Waals surface area contributed by atoms with Crippen molar-refractivity contribution in [1.82, 2.24) is 4.90 Å². The lowest BCUT2D eigenvalue weighted by atomic mass is 10.2. The summed E-state index contributed by atoms with van der Waals surface area (Å²) in [5.41, 5.74) is 0.394. The fraction of sp³-hybridized carbons (Fsp3) is 0.571. The first-order valence-electron chi connectivity index (χ1n) is 3.05. The zero-order valence-corrected chi connectivity index (χ0v) is 6.80. The van der Waals surface area contributed by atoms with Crippen molar-refractivity contribution in [3.63, 3.8) is 0 Å². The highest BCUT2D eigenvalue weighted by molar-refractivity contribution is 5.92. The van der Waals surface area contributed by atoms with Crippen LogP contribution in [-0.4, -0.2) is 29.9 Å². The third-order valence-electron chi connectivity index (χ3n) is 1.29. The van der Waals surface area contributed by atoms with E-state index in [9.17, 15) is 4.79 Å². The minimum atomic E-state index is -0.105. The van der Waals surface area contributed by atoms with Gasteiger partial charge in [0.25, 0.3) is 0 Å². The van der Waals surface area contributed by atoms with E-state index in [1.54, 1.807) is 21.0 Å². The van der Waals surface area contributed by atoms with Crippen molar-refractivity contribution in [3.05, 3.63) is 11.5 Å². The van der Waals surface area contributed by atoms with Gasteiger partial charge in [0.15, 0.2) is 11.7 Å². The lowest BCUT2D eigenvalue weighted by Gasteiger charge is -2.12. The molecule has 0 spiro atoms. The van der Waals surface area contributed by atoms with Crippen LogP contribution in [0.2, 0.25) is 0 Å². The number of Topliss-reactive ketones (excluding diaryl/α,β-unsaturated/α-hetero) is 1. The van der Waals surface area contributed by atoms with Crippen molar-refractivity contribution in [1.29, 1.82) is 0 Å². The molecule has 0 saturated heterocycles. The molecule has 0 rings (SSSR count). The molecule has 0 aromatic rings. The zero-order chi connectivity index (χ0) is 8.31. The van der Waals surface area contributed by atoms with Crippen LogP contribution in [0.25, 0.3) is 0 Å². The van der Waals surface area contributed by atoms with Crippen LogP contribution >= 0.6 is 0 Å². The van der Waals surface area contributed by atoms with E-state index < -0.39 is 0 Å². The molecule has 0 radical (unpaired) electrons. The average molecular weight is 143 g/mol. The Hall–Kier alpha value is -0.990. The number of aliphatic hydroxyl groups excluding tert-OH is 1. The Balaban J connectivity index is 4.50. The minimum absolute atomic E-state index is 0.0347. The molecule has 3 nitrogen and oxygen atoms in total. The Morgan fingerprint density at radius 3 is 1.80 bits per heavy atom. The molecule has 58 valence electrons. The second kappa shape index (κ2) is 3.25. The molecular weight excluding hydrogens is 130 g/mol. The summed E-state index contributed by atoms with van der Waals surface area (Å²) in [6.07, 6.45) is 0. The summed E-state index contributed by atoms with van der Waals surface area (Å²) in [6, 6.07) is 0. The first-order chi connectivity index (χ1) is 4.46. The molecule has 0 fully saturated rings. The number of ketones is 1. The first-order valence-corrected chi connectivity index (χ1v) is 3.05. The molecule has 0 bridgehead atoms. The molecule has 0 aliphatic rings. The second-order valence-electron chi connectivity index (χ2n) is 2.40. The van der Waals surface area contributed by atoms with E-state index in [1.807, 2.05) is 0 Å². The molecule has 0 aliphatic heterocycles. The highest BCUT2D eigenvalue weighted by Crippen LogP contribution is 2.02. The van der Waals surface area contributed by atoms with E-state index in [4.69, 9.17) is 5.11 Å². The van der Waals surface area contributed by atoms with Gasteiger partial charge in [-0.1, -0.05) is 0 Å². The van der Waals surface area contributed by atoms with Crippen LogP contribution in [0.5, 0.6) is 0 Å². The fourth-order valence-electron chi connectivity index (χ4n) is 0.493. The number of rotatable bonds is 2. The maximum Gasteiger partial charge on any atom is 0.192 e. The van der Waals surface area contributed by atoms with Crippen LogP contribution in [0, 0.1) is 0 Å². The molecule has 0 unspecified atom stereocenters. The number of nitrogens with zero attached hydrogens (tertiary/aromatic N) is 1. The molecule has 3 heteroatoms. The van der Waals surface area contributed by atoms with E-state index in [1.165, 1.54) is 11.8 Å². The molecule has 0 aromatic carbocycles. The first kappa shape index (κ1) is 9.01. The van der Waals surface area contributed by atoms with Crippen LogP contribution in [0.15, 0.2) is 11.5 Å². The highest BCUT2D eigenvalue weighted by Gasteiger charge is 2.05. The third kappa shape index (κ3) is 2.09. The van der Waals surface area contributed by atoms with Gasteiger partial charge in [0.05, 0.1) is 5.57 Å². The number of allylic oxidation sites excluding steroid dienone is 1. The summed E-state index contributed by atoms with van der Waals surface area (Å²) in [7, 11) is 3.36. The standard InChI is InChI=1S/C7H13NO2/c1-5(6(2)9)7(10)8(3)4/h10H,1-4H3. The average Bonchev–Trinajstić information content (AvgIpc) is 1.84. The number of carbonyl (C=O) groups is 1. The van der Waals surface area contributed by atoms with Crippen molar-refractivity contribution in [3.8, 4) is 0 Å². The van der Waals surface area contributed by atoms with Crippen LogP contribution in [0.3, 0.4) is 0 Å². The highest BCUT2D eigenvalue weighted by atomic mass is 16.3. The largest absolute Gasteiger partial charge is 0.494 e. The van der Waals surface area contributed by atoms with E-state index >= 15 is 0 Å². The smallest absolute Gasteiger partial charge is 0.192 e. The number of hydrogen-bond acceptors (Lipinski definition) is 3. The van der Waals surface area contributed by atoms with E-state index in [2.05, 4.69) is 0 Å². The van der Waals surface area contributed by atoms with Gasteiger partial charge >= 0.3 is 0 Å². The van der Waals surface area contributed by atoms with Crippen molar-refractivity contribution in [2.45, 2.75) is 13.8 Å². The van der Waals surface area contributed by atoms with Crippen LogP contribution in [-0.2, 0) is 4.79 Å². The van der Waals surface area contributed by atoms with Crippen molar-refractivity contribution < 1.29 is 9.90 Å². The van der Waals surface area contributed by atoms with Crippen molar-refractivity contribution in [2.24, 2.45) is 0 Å². The van der Waals surface area contributed by atoms with Crippen LogP contribution in [0.1, 0.15) is 13.8 Å². The number of carbonyl (C=O) groups excluding carboxylic acids is 1. The minimum Gasteiger partial charge on any atom is -0.494 e.